The molecule has 0 bridgehead atoms. The van der Waals surface area contributed by atoms with Crippen LogP contribution in [-0.4, -0.2) is 24.5 Å². The van der Waals surface area contributed by atoms with E-state index in [1.165, 1.54) is 0 Å². The van der Waals surface area contributed by atoms with E-state index in [9.17, 15) is 4.79 Å². The van der Waals surface area contributed by atoms with Crippen molar-refractivity contribution >= 4 is 5.91 Å². The van der Waals surface area contributed by atoms with Gasteiger partial charge in [0, 0.05) is 25.2 Å². The fourth-order valence-electron chi connectivity index (χ4n) is 1.15. The molecule has 1 rings (SSSR count). The molecule has 15 heavy (non-hydrogen) atoms. The molecule has 0 aliphatic carbocycles. The third kappa shape index (κ3) is 3.97. The van der Waals surface area contributed by atoms with E-state index in [0.29, 0.717) is 18.8 Å². The number of nitrogens with zero attached hydrogens (tertiary/aromatic N) is 1. The van der Waals surface area contributed by atoms with E-state index in [2.05, 4.69) is 10.3 Å². The molecule has 0 aliphatic rings. The van der Waals surface area contributed by atoms with Crippen LogP contribution in [0.25, 0.3) is 0 Å². The zero-order valence-electron chi connectivity index (χ0n) is 9.12. The van der Waals surface area contributed by atoms with E-state index >= 15 is 0 Å². The van der Waals surface area contributed by atoms with Gasteiger partial charge in [-0.05, 0) is 12.0 Å². The summed E-state index contributed by atoms with van der Waals surface area (Å²) >= 11 is 0. The highest BCUT2D eigenvalue weighted by atomic mass is 16.5. The number of amides is 1. The molecule has 1 aromatic heterocycles. The molecule has 0 unspecified atom stereocenters. The number of aromatic nitrogens is 1. The summed E-state index contributed by atoms with van der Waals surface area (Å²) in [6.45, 7) is 2.49. The number of hydrogen-bond donors (Lipinski definition) is 1. The molecule has 1 N–H and O–H groups in total. The van der Waals surface area contributed by atoms with Crippen LogP contribution in [0.1, 0.15) is 18.9 Å². The first-order chi connectivity index (χ1) is 7.26. The first-order valence-corrected chi connectivity index (χ1v) is 5.02. The van der Waals surface area contributed by atoms with Crippen molar-refractivity contribution in [3.05, 3.63) is 23.9 Å². The van der Waals surface area contributed by atoms with Crippen molar-refractivity contribution in [2.45, 2.75) is 19.8 Å². The Morgan fingerprint density at radius 2 is 2.33 bits per heavy atom. The normalized spacial score (nSPS) is 9.73. The molecule has 0 aromatic carbocycles. The molecule has 4 heteroatoms. The largest absolute Gasteiger partial charge is 0.481 e. The molecular formula is C11H16N2O2. The molecule has 0 radical (unpaired) electrons. The van der Waals surface area contributed by atoms with Gasteiger partial charge in [0.15, 0.2) is 0 Å². The number of rotatable bonds is 5. The molecule has 0 spiro atoms. The predicted octanol–water partition coefficient (Wildman–Crippen LogP) is 1.16. The van der Waals surface area contributed by atoms with Gasteiger partial charge in [0.1, 0.15) is 0 Å². The lowest BCUT2D eigenvalue weighted by Gasteiger charge is -2.04. The fourth-order valence-corrected chi connectivity index (χ4v) is 1.15. The van der Waals surface area contributed by atoms with Gasteiger partial charge in [-0.3, -0.25) is 4.79 Å². The minimum atomic E-state index is 0.0801. The van der Waals surface area contributed by atoms with Crippen LogP contribution in [0.3, 0.4) is 0 Å². The van der Waals surface area contributed by atoms with E-state index in [1.807, 2.05) is 19.1 Å². The van der Waals surface area contributed by atoms with Crippen LogP contribution in [0.4, 0.5) is 0 Å². The summed E-state index contributed by atoms with van der Waals surface area (Å²) in [6.07, 6.45) is 3.08. The Bertz CT molecular complexity index is 309. The van der Waals surface area contributed by atoms with Crippen molar-refractivity contribution < 1.29 is 9.53 Å². The minimum absolute atomic E-state index is 0.0801. The number of hydrogen-bond acceptors (Lipinski definition) is 3. The van der Waals surface area contributed by atoms with Crippen LogP contribution in [0.2, 0.25) is 0 Å². The molecule has 4 nitrogen and oxygen atoms in total. The summed E-state index contributed by atoms with van der Waals surface area (Å²) in [6, 6.07) is 3.76. The predicted molar refractivity (Wildman–Crippen MR) is 57.8 cm³/mol. The highest BCUT2D eigenvalue weighted by Gasteiger charge is 1.98. The molecular weight excluding hydrogens is 192 g/mol. The summed E-state index contributed by atoms with van der Waals surface area (Å²) in [5.74, 6) is 0.688. The zero-order valence-corrected chi connectivity index (χ0v) is 9.12. The molecule has 0 saturated heterocycles. The average molecular weight is 208 g/mol. The molecule has 0 atom stereocenters. The molecule has 1 amide bonds. The third-order valence-electron chi connectivity index (χ3n) is 2.06. The van der Waals surface area contributed by atoms with Gasteiger partial charge in [-0.1, -0.05) is 13.0 Å². The topological polar surface area (TPSA) is 51.2 Å². The highest BCUT2D eigenvalue weighted by Crippen LogP contribution is 2.06. The van der Waals surface area contributed by atoms with Crippen molar-refractivity contribution in [2.24, 2.45) is 0 Å². The van der Waals surface area contributed by atoms with Crippen molar-refractivity contribution in [1.82, 2.24) is 10.3 Å². The quantitative estimate of drug-likeness (QED) is 0.790. The van der Waals surface area contributed by atoms with E-state index < -0.39 is 0 Å². The van der Waals surface area contributed by atoms with E-state index in [4.69, 9.17) is 4.74 Å². The Morgan fingerprint density at radius 3 is 2.87 bits per heavy atom. The fraction of sp³-hybridized carbons (Fsp3) is 0.455. The summed E-state index contributed by atoms with van der Waals surface area (Å²) in [5.41, 5.74) is 1.09. The Morgan fingerprint density at radius 1 is 1.53 bits per heavy atom. The van der Waals surface area contributed by atoms with Crippen LogP contribution < -0.4 is 10.1 Å². The van der Waals surface area contributed by atoms with Gasteiger partial charge in [0.25, 0.3) is 0 Å². The summed E-state index contributed by atoms with van der Waals surface area (Å²) in [5, 5.41) is 2.81. The molecule has 1 aromatic rings. The Labute approximate surface area is 89.7 Å². The van der Waals surface area contributed by atoms with Gasteiger partial charge in [0.2, 0.25) is 11.8 Å². The second-order valence-electron chi connectivity index (χ2n) is 3.16. The first kappa shape index (κ1) is 11.5. The lowest BCUT2D eigenvalue weighted by molar-refractivity contribution is -0.120. The Balaban J connectivity index is 2.34. The van der Waals surface area contributed by atoms with Crippen LogP contribution in [0.5, 0.6) is 5.88 Å². The van der Waals surface area contributed by atoms with Crippen molar-refractivity contribution in [3.8, 4) is 5.88 Å². The standard InChI is InChI=1S/C11H16N2O2/c1-3-10(14)12-7-6-9-4-5-11(15-2)13-8-9/h4-5,8H,3,6-7H2,1-2H3,(H,12,14). The summed E-state index contributed by atoms with van der Waals surface area (Å²) in [7, 11) is 1.59. The number of nitrogens with one attached hydrogen (secondary N) is 1. The van der Waals surface area contributed by atoms with Gasteiger partial charge in [-0.15, -0.1) is 0 Å². The van der Waals surface area contributed by atoms with Gasteiger partial charge in [-0.25, -0.2) is 4.98 Å². The minimum Gasteiger partial charge on any atom is -0.481 e. The molecule has 0 fully saturated rings. The average Bonchev–Trinajstić information content (AvgIpc) is 2.29. The number of ether oxygens (including phenoxy) is 1. The number of carbonyl (C=O) groups excluding carboxylic acids is 1. The Hall–Kier alpha value is -1.58. The van der Waals surface area contributed by atoms with Crippen LogP contribution in [0, 0.1) is 0 Å². The van der Waals surface area contributed by atoms with Crippen LogP contribution >= 0.6 is 0 Å². The van der Waals surface area contributed by atoms with Crippen LogP contribution in [0.15, 0.2) is 18.3 Å². The molecule has 0 aliphatic heterocycles. The van der Waals surface area contributed by atoms with Gasteiger partial charge >= 0.3 is 0 Å². The first-order valence-electron chi connectivity index (χ1n) is 5.02. The number of pyridine rings is 1. The lowest BCUT2D eigenvalue weighted by Crippen LogP contribution is -2.24. The second kappa shape index (κ2) is 6.01. The monoisotopic (exact) mass is 208 g/mol. The van der Waals surface area contributed by atoms with Gasteiger partial charge in [0.05, 0.1) is 7.11 Å². The highest BCUT2D eigenvalue weighted by molar-refractivity contribution is 5.75. The zero-order chi connectivity index (χ0) is 11.1. The van der Waals surface area contributed by atoms with Gasteiger partial charge in [-0.2, -0.15) is 0 Å². The maximum absolute atomic E-state index is 11.0. The van der Waals surface area contributed by atoms with Crippen molar-refractivity contribution in [3.63, 3.8) is 0 Å². The molecule has 82 valence electrons. The third-order valence-corrected chi connectivity index (χ3v) is 2.06. The van der Waals surface area contributed by atoms with E-state index in [-0.39, 0.29) is 5.91 Å². The van der Waals surface area contributed by atoms with Crippen molar-refractivity contribution in [1.29, 1.82) is 0 Å². The van der Waals surface area contributed by atoms with E-state index in [1.54, 1.807) is 13.3 Å². The number of methoxy groups -OCH3 is 1. The van der Waals surface area contributed by atoms with Crippen molar-refractivity contribution in [2.75, 3.05) is 13.7 Å². The van der Waals surface area contributed by atoms with Crippen LogP contribution in [-0.2, 0) is 11.2 Å². The summed E-state index contributed by atoms with van der Waals surface area (Å²) < 4.78 is 4.95. The van der Waals surface area contributed by atoms with E-state index in [0.717, 1.165) is 12.0 Å². The van der Waals surface area contributed by atoms with Gasteiger partial charge < -0.3 is 10.1 Å². The maximum atomic E-state index is 11.0. The molecule has 0 saturated carbocycles. The Kier molecular flexibility index (Phi) is 4.60. The smallest absolute Gasteiger partial charge is 0.219 e. The number of carbonyl (C=O) groups is 1. The lowest BCUT2D eigenvalue weighted by atomic mass is 10.2. The SMILES string of the molecule is CCC(=O)NCCc1ccc(OC)nc1. The second-order valence-corrected chi connectivity index (χ2v) is 3.16. The maximum Gasteiger partial charge on any atom is 0.219 e. The summed E-state index contributed by atoms with van der Waals surface area (Å²) in [4.78, 5) is 15.0. The molecule has 1 heterocycles.